The minimum Gasteiger partial charge on any atom is -0.383 e. The molecule has 0 rings (SSSR count). The monoisotopic (exact) mass is 258 g/mol. The summed E-state index contributed by atoms with van der Waals surface area (Å²) in [5.41, 5.74) is 5.16. The Labute approximate surface area is 99.8 Å². The van der Waals surface area contributed by atoms with Crippen LogP contribution < -0.4 is 5.73 Å². The van der Waals surface area contributed by atoms with Crippen LogP contribution in [0.5, 0.6) is 0 Å². The average Bonchev–Trinajstić information content (AvgIpc) is 2.26. The van der Waals surface area contributed by atoms with E-state index in [2.05, 4.69) is 0 Å². The molecular formula is C10H21F3N2O2. The fraction of sp³-hybridized carbons (Fsp3) is 1.00. The highest BCUT2D eigenvalue weighted by Gasteiger charge is 2.39. The molecule has 0 heterocycles. The largest absolute Gasteiger partial charge is 0.394 e. The third kappa shape index (κ3) is 7.54. The van der Waals surface area contributed by atoms with E-state index < -0.39 is 18.6 Å². The number of methoxy groups -OCH3 is 2. The molecule has 0 aliphatic rings. The first kappa shape index (κ1) is 16.6. The number of nitrogens with zero attached hydrogens (tertiary/aromatic N) is 1. The van der Waals surface area contributed by atoms with Gasteiger partial charge < -0.3 is 15.2 Å². The van der Waals surface area contributed by atoms with Crippen LogP contribution in [0.1, 0.15) is 0 Å². The second-order valence-electron chi connectivity index (χ2n) is 3.76. The molecule has 0 aromatic rings. The van der Waals surface area contributed by atoms with Gasteiger partial charge in [0.2, 0.25) is 0 Å². The van der Waals surface area contributed by atoms with Crippen molar-refractivity contribution >= 4 is 0 Å². The Morgan fingerprint density at radius 2 is 1.59 bits per heavy atom. The Kier molecular flexibility index (Phi) is 8.49. The quantitative estimate of drug-likeness (QED) is 0.662. The van der Waals surface area contributed by atoms with E-state index in [4.69, 9.17) is 15.2 Å². The topological polar surface area (TPSA) is 47.7 Å². The number of ether oxygens (including phenoxy) is 2. The predicted molar refractivity (Wildman–Crippen MR) is 58.8 cm³/mol. The van der Waals surface area contributed by atoms with Crippen LogP contribution in [0.25, 0.3) is 0 Å². The zero-order chi connectivity index (χ0) is 13.3. The molecule has 0 aromatic carbocycles. The van der Waals surface area contributed by atoms with E-state index in [1.165, 1.54) is 14.2 Å². The van der Waals surface area contributed by atoms with E-state index >= 15 is 0 Å². The SMILES string of the molecule is COCCN(CCOC)CC(CN)C(F)(F)F. The zero-order valence-corrected chi connectivity index (χ0v) is 10.3. The molecule has 104 valence electrons. The molecular weight excluding hydrogens is 237 g/mol. The molecule has 0 aliphatic carbocycles. The highest BCUT2D eigenvalue weighted by Crippen LogP contribution is 2.26. The van der Waals surface area contributed by atoms with Gasteiger partial charge >= 0.3 is 6.18 Å². The van der Waals surface area contributed by atoms with Crippen molar-refractivity contribution in [3.63, 3.8) is 0 Å². The summed E-state index contributed by atoms with van der Waals surface area (Å²) < 4.78 is 47.4. The van der Waals surface area contributed by atoms with Crippen molar-refractivity contribution in [3.05, 3.63) is 0 Å². The van der Waals surface area contributed by atoms with Gasteiger partial charge in [0.05, 0.1) is 19.1 Å². The second kappa shape index (κ2) is 8.68. The number of hydrogen-bond acceptors (Lipinski definition) is 4. The van der Waals surface area contributed by atoms with Crippen LogP contribution in [0, 0.1) is 5.92 Å². The van der Waals surface area contributed by atoms with Gasteiger partial charge in [-0.2, -0.15) is 13.2 Å². The number of halogens is 3. The first-order valence-corrected chi connectivity index (χ1v) is 5.42. The average molecular weight is 258 g/mol. The van der Waals surface area contributed by atoms with E-state index in [1.54, 1.807) is 4.90 Å². The number of hydrogen-bond donors (Lipinski definition) is 1. The van der Waals surface area contributed by atoms with Crippen molar-refractivity contribution in [2.45, 2.75) is 6.18 Å². The summed E-state index contributed by atoms with van der Waals surface area (Å²) in [6.45, 7) is 1.13. The summed E-state index contributed by atoms with van der Waals surface area (Å²) in [4.78, 5) is 1.65. The van der Waals surface area contributed by atoms with Gasteiger partial charge in [-0.25, -0.2) is 0 Å². The normalized spacial score (nSPS) is 14.3. The molecule has 0 saturated carbocycles. The molecule has 0 bridgehead atoms. The van der Waals surface area contributed by atoms with Gasteiger partial charge in [0.1, 0.15) is 0 Å². The predicted octanol–water partition coefficient (Wildman–Crippen LogP) is 0.718. The maximum Gasteiger partial charge on any atom is 0.394 e. The lowest BCUT2D eigenvalue weighted by atomic mass is 10.1. The number of rotatable bonds is 9. The van der Waals surface area contributed by atoms with Crippen molar-refractivity contribution in [1.82, 2.24) is 4.90 Å². The molecule has 1 atom stereocenters. The van der Waals surface area contributed by atoms with Gasteiger partial charge in [0.25, 0.3) is 0 Å². The van der Waals surface area contributed by atoms with Crippen LogP contribution in [0.2, 0.25) is 0 Å². The minimum absolute atomic E-state index is 0.118. The van der Waals surface area contributed by atoms with Gasteiger partial charge in [0.15, 0.2) is 0 Å². The lowest BCUT2D eigenvalue weighted by Crippen LogP contribution is -2.43. The van der Waals surface area contributed by atoms with Gasteiger partial charge in [-0.15, -0.1) is 0 Å². The molecule has 2 N–H and O–H groups in total. The van der Waals surface area contributed by atoms with Crippen LogP contribution in [0.15, 0.2) is 0 Å². The van der Waals surface area contributed by atoms with Crippen molar-refractivity contribution < 1.29 is 22.6 Å². The first-order chi connectivity index (χ1) is 7.95. The summed E-state index contributed by atoms with van der Waals surface area (Å²) in [5, 5.41) is 0. The van der Waals surface area contributed by atoms with E-state index in [9.17, 15) is 13.2 Å². The van der Waals surface area contributed by atoms with E-state index in [0.29, 0.717) is 26.3 Å². The summed E-state index contributed by atoms with van der Waals surface area (Å²) in [5.74, 6) is -1.50. The second-order valence-corrected chi connectivity index (χ2v) is 3.76. The molecule has 1 unspecified atom stereocenters. The van der Waals surface area contributed by atoms with Gasteiger partial charge in [0, 0.05) is 40.4 Å². The summed E-state index contributed by atoms with van der Waals surface area (Å²) in [6, 6.07) is 0. The van der Waals surface area contributed by atoms with Crippen LogP contribution in [-0.2, 0) is 9.47 Å². The molecule has 0 aliphatic heterocycles. The third-order valence-electron chi connectivity index (χ3n) is 2.45. The Hall–Kier alpha value is -0.370. The molecule has 7 heteroatoms. The molecule has 4 nitrogen and oxygen atoms in total. The van der Waals surface area contributed by atoms with Crippen molar-refractivity contribution in [1.29, 1.82) is 0 Å². The van der Waals surface area contributed by atoms with Crippen molar-refractivity contribution in [2.24, 2.45) is 11.7 Å². The molecule has 0 aromatic heterocycles. The van der Waals surface area contributed by atoms with Gasteiger partial charge in [-0.05, 0) is 0 Å². The highest BCUT2D eigenvalue weighted by molar-refractivity contribution is 4.73. The standard InChI is InChI=1S/C10H21F3N2O2/c1-16-5-3-15(4-6-17-2)8-9(7-14)10(11,12)13/h9H,3-8,14H2,1-2H3. The Bertz CT molecular complexity index is 183. The number of nitrogens with two attached hydrogens (primary N) is 1. The summed E-state index contributed by atoms with van der Waals surface area (Å²) >= 11 is 0. The van der Waals surface area contributed by atoms with E-state index in [-0.39, 0.29) is 6.54 Å². The van der Waals surface area contributed by atoms with Crippen molar-refractivity contribution in [2.75, 3.05) is 53.6 Å². The Morgan fingerprint density at radius 3 is 1.88 bits per heavy atom. The van der Waals surface area contributed by atoms with Crippen LogP contribution in [0.3, 0.4) is 0 Å². The van der Waals surface area contributed by atoms with Gasteiger partial charge in [-0.3, -0.25) is 4.90 Å². The lowest BCUT2D eigenvalue weighted by Gasteiger charge is -2.27. The smallest absolute Gasteiger partial charge is 0.383 e. The fourth-order valence-corrected chi connectivity index (χ4v) is 1.36. The van der Waals surface area contributed by atoms with Crippen LogP contribution >= 0.6 is 0 Å². The van der Waals surface area contributed by atoms with Gasteiger partial charge in [-0.1, -0.05) is 0 Å². The van der Waals surface area contributed by atoms with Crippen molar-refractivity contribution in [3.8, 4) is 0 Å². The number of alkyl halides is 3. The molecule has 17 heavy (non-hydrogen) atoms. The fourth-order valence-electron chi connectivity index (χ4n) is 1.36. The molecule has 0 amide bonds. The zero-order valence-electron chi connectivity index (χ0n) is 10.3. The summed E-state index contributed by atoms with van der Waals surface area (Å²) in [6.07, 6.45) is -4.26. The maximum atomic E-state index is 12.6. The van der Waals surface area contributed by atoms with Crippen LogP contribution in [0.4, 0.5) is 13.2 Å². The minimum atomic E-state index is -4.26. The summed E-state index contributed by atoms with van der Waals surface area (Å²) in [7, 11) is 3.03. The maximum absolute atomic E-state index is 12.6. The third-order valence-corrected chi connectivity index (χ3v) is 2.45. The Balaban J connectivity index is 4.26. The molecule has 0 saturated heterocycles. The highest BCUT2D eigenvalue weighted by atomic mass is 19.4. The Morgan fingerprint density at radius 1 is 1.12 bits per heavy atom. The molecule has 0 spiro atoms. The van der Waals surface area contributed by atoms with E-state index in [0.717, 1.165) is 0 Å². The molecule has 0 fully saturated rings. The lowest BCUT2D eigenvalue weighted by molar-refractivity contribution is -0.176. The van der Waals surface area contributed by atoms with E-state index in [1.807, 2.05) is 0 Å². The van der Waals surface area contributed by atoms with Crippen LogP contribution in [-0.4, -0.2) is 64.7 Å². The molecule has 0 radical (unpaired) electrons. The first-order valence-electron chi connectivity index (χ1n) is 5.42.